The molecule has 0 spiro atoms. The molecule has 0 saturated carbocycles. The van der Waals surface area contributed by atoms with E-state index in [0.29, 0.717) is 10.6 Å². The van der Waals surface area contributed by atoms with Gasteiger partial charge in [0.1, 0.15) is 11.1 Å². The van der Waals surface area contributed by atoms with Gasteiger partial charge in [-0.3, -0.25) is 0 Å². The number of nitriles is 1. The van der Waals surface area contributed by atoms with Gasteiger partial charge in [-0.1, -0.05) is 17.7 Å². The van der Waals surface area contributed by atoms with Gasteiger partial charge >= 0.3 is 0 Å². The van der Waals surface area contributed by atoms with E-state index in [4.69, 9.17) is 22.6 Å². The predicted molar refractivity (Wildman–Crippen MR) is 68.6 cm³/mol. The molecule has 0 amide bonds. The fraction of sp³-hybridized carbons (Fsp3) is 0.0833. The van der Waals surface area contributed by atoms with E-state index in [1.165, 1.54) is 11.3 Å². The van der Waals surface area contributed by atoms with Crippen LogP contribution in [0, 0.1) is 18.3 Å². The van der Waals surface area contributed by atoms with Crippen molar-refractivity contribution in [2.24, 2.45) is 0 Å². The Morgan fingerprint density at radius 2 is 2.19 bits per heavy atom. The quantitative estimate of drug-likeness (QED) is 0.834. The topological polar surface area (TPSA) is 49.8 Å². The molecule has 2 N–H and O–H groups in total. The van der Waals surface area contributed by atoms with Gasteiger partial charge in [-0.15, -0.1) is 11.3 Å². The van der Waals surface area contributed by atoms with E-state index in [-0.39, 0.29) is 0 Å². The van der Waals surface area contributed by atoms with Crippen LogP contribution in [0.4, 0.5) is 5.00 Å². The number of nitrogen functional groups attached to an aromatic ring is 1. The highest BCUT2D eigenvalue weighted by Crippen LogP contribution is 2.34. The molecule has 0 unspecified atom stereocenters. The number of hydrogen-bond acceptors (Lipinski definition) is 3. The van der Waals surface area contributed by atoms with Crippen molar-refractivity contribution in [3.63, 3.8) is 0 Å². The zero-order valence-electron chi connectivity index (χ0n) is 8.62. The molecule has 16 heavy (non-hydrogen) atoms. The number of thiophene rings is 1. The van der Waals surface area contributed by atoms with Gasteiger partial charge < -0.3 is 5.73 Å². The average molecular weight is 249 g/mol. The summed E-state index contributed by atoms with van der Waals surface area (Å²) >= 11 is 7.34. The molecule has 80 valence electrons. The van der Waals surface area contributed by atoms with Crippen LogP contribution in [0.5, 0.6) is 0 Å². The third kappa shape index (κ3) is 1.78. The lowest BCUT2D eigenvalue weighted by Crippen LogP contribution is -1.86. The van der Waals surface area contributed by atoms with E-state index in [0.717, 1.165) is 21.7 Å². The molecule has 0 aliphatic heterocycles. The van der Waals surface area contributed by atoms with Gasteiger partial charge in [-0.05, 0) is 30.2 Å². The Balaban J connectivity index is 2.60. The molecule has 1 heterocycles. The molecule has 2 nitrogen and oxygen atoms in total. The first kappa shape index (κ1) is 11.0. The molecule has 1 aromatic heterocycles. The molecule has 0 atom stereocenters. The molecule has 4 heteroatoms. The van der Waals surface area contributed by atoms with Crippen LogP contribution in [0.2, 0.25) is 5.02 Å². The zero-order chi connectivity index (χ0) is 11.7. The Morgan fingerprint density at radius 3 is 2.81 bits per heavy atom. The standard InChI is InChI=1S/C12H9ClN2S/c1-7-4-8(2-3-11(7)13)10-6-16-12(15)9(10)5-14/h2-4,6H,15H2,1H3. The Labute approximate surface area is 103 Å². The first-order valence-electron chi connectivity index (χ1n) is 4.67. The lowest BCUT2D eigenvalue weighted by molar-refractivity contribution is 1.46. The van der Waals surface area contributed by atoms with Crippen molar-refractivity contribution in [3.8, 4) is 17.2 Å². The van der Waals surface area contributed by atoms with Crippen molar-refractivity contribution < 1.29 is 0 Å². The van der Waals surface area contributed by atoms with Gasteiger partial charge in [0.2, 0.25) is 0 Å². The van der Waals surface area contributed by atoms with E-state index < -0.39 is 0 Å². The second-order valence-corrected chi connectivity index (χ2v) is 4.78. The van der Waals surface area contributed by atoms with Gasteiger partial charge in [-0.2, -0.15) is 5.26 Å². The van der Waals surface area contributed by atoms with E-state index in [1.807, 2.05) is 30.5 Å². The zero-order valence-corrected chi connectivity index (χ0v) is 10.2. The largest absolute Gasteiger partial charge is 0.389 e. The van der Waals surface area contributed by atoms with Crippen LogP contribution in [0.15, 0.2) is 23.6 Å². The molecule has 0 aliphatic rings. The van der Waals surface area contributed by atoms with Crippen molar-refractivity contribution in [3.05, 3.63) is 39.7 Å². The van der Waals surface area contributed by atoms with Crippen LogP contribution in [0.1, 0.15) is 11.1 Å². The minimum Gasteiger partial charge on any atom is -0.389 e. The molecule has 1 aromatic carbocycles. The average Bonchev–Trinajstić information content (AvgIpc) is 2.63. The Morgan fingerprint density at radius 1 is 1.44 bits per heavy atom. The van der Waals surface area contributed by atoms with Crippen molar-refractivity contribution in [2.45, 2.75) is 6.92 Å². The number of hydrogen-bond donors (Lipinski definition) is 1. The second-order valence-electron chi connectivity index (χ2n) is 3.46. The van der Waals surface area contributed by atoms with Crippen LogP contribution in [-0.2, 0) is 0 Å². The minimum absolute atomic E-state index is 0.548. The maximum atomic E-state index is 9.02. The van der Waals surface area contributed by atoms with Gasteiger partial charge in [0, 0.05) is 16.0 Å². The highest BCUT2D eigenvalue weighted by Gasteiger charge is 2.11. The Bertz CT molecular complexity index is 581. The summed E-state index contributed by atoms with van der Waals surface area (Å²) in [5, 5.41) is 12.2. The first-order chi connectivity index (χ1) is 7.63. The predicted octanol–water partition coefficient (Wildman–Crippen LogP) is 3.83. The van der Waals surface area contributed by atoms with Crippen LogP contribution in [0.25, 0.3) is 11.1 Å². The Hall–Kier alpha value is -1.50. The third-order valence-electron chi connectivity index (χ3n) is 2.40. The summed E-state index contributed by atoms with van der Waals surface area (Å²) in [7, 11) is 0. The highest BCUT2D eigenvalue weighted by atomic mass is 35.5. The lowest BCUT2D eigenvalue weighted by Gasteiger charge is -2.02. The van der Waals surface area contributed by atoms with E-state index in [9.17, 15) is 0 Å². The van der Waals surface area contributed by atoms with Gasteiger partial charge in [0.25, 0.3) is 0 Å². The summed E-state index contributed by atoms with van der Waals surface area (Å²) in [6.07, 6.45) is 0. The smallest absolute Gasteiger partial charge is 0.104 e. The maximum Gasteiger partial charge on any atom is 0.104 e. The minimum atomic E-state index is 0.548. The van der Waals surface area contributed by atoms with Gasteiger partial charge in [-0.25, -0.2) is 0 Å². The number of nitrogens with two attached hydrogens (primary N) is 1. The van der Waals surface area contributed by atoms with Crippen LogP contribution in [0.3, 0.4) is 0 Å². The highest BCUT2D eigenvalue weighted by molar-refractivity contribution is 7.14. The van der Waals surface area contributed by atoms with Crippen LogP contribution >= 0.6 is 22.9 Å². The number of aryl methyl sites for hydroxylation is 1. The van der Waals surface area contributed by atoms with Crippen LogP contribution < -0.4 is 5.73 Å². The lowest BCUT2D eigenvalue weighted by atomic mass is 10.0. The molecule has 0 aliphatic carbocycles. The molecule has 2 rings (SSSR count). The molecule has 0 radical (unpaired) electrons. The van der Waals surface area contributed by atoms with Crippen molar-refractivity contribution in [2.75, 3.05) is 5.73 Å². The monoisotopic (exact) mass is 248 g/mol. The second kappa shape index (κ2) is 4.17. The van der Waals surface area contributed by atoms with Crippen molar-refractivity contribution >= 4 is 27.9 Å². The summed E-state index contributed by atoms with van der Waals surface area (Å²) in [5.41, 5.74) is 9.13. The summed E-state index contributed by atoms with van der Waals surface area (Å²) < 4.78 is 0. The fourth-order valence-electron chi connectivity index (χ4n) is 1.51. The summed E-state index contributed by atoms with van der Waals surface area (Å²) in [4.78, 5) is 0. The van der Waals surface area contributed by atoms with E-state index in [2.05, 4.69) is 6.07 Å². The van der Waals surface area contributed by atoms with Crippen molar-refractivity contribution in [1.82, 2.24) is 0 Å². The van der Waals surface area contributed by atoms with Crippen LogP contribution in [-0.4, -0.2) is 0 Å². The summed E-state index contributed by atoms with van der Waals surface area (Å²) in [6.45, 7) is 1.94. The molecule has 0 saturated heterocycles. The van der Waals surface area contributed by atoms with Crippen molar-refractivity contribution in [1.29, 1.82) is 5.26 Å². The first-order valence-corrected chi connectivity index (χ1v) is 5.93. The SMILES string of the molecule is Cc1cc(-c2csc(N)c2C#N)ccc1Cl. The number of rotatable bonds is 1. The third-order valence-corrected chi connectivity index (χ3v) is 3.64. The van der Waals surface area contributed by atoms with E-state index >= 15 is 0 Å². The maximum absolute atomic E-state index is 9.02. The number of anilines is 1. The number of halogens is 1. The summed E-state index contributed by atoms with van der Waals surface area (Å²) in [6, 6.07) is 7.83. The van der Waals surface area contributed by atoms with Gasteiger partial charge in [0.05, 0.1) is 5.56 Å². The Kier molecular flexibility index (Phi) is 2.86. The molecular weight excluding hydrogens is 240 g/mol. The molecule has 2 aromatic rings. The normalized spacial score (nSPS) is 10.1. The molecule has 0 fully saturated rings. The molecule has 0 bridgehead atoms. The fourth-order valence-corrected chi connectivity index (χ4v) is 2.40. The molecular formula is C12H9ClN2S. The number of nitrogens with zero attached hydrogens (tertiary/aromatic N) is 1. The number of benzene rings is 1. The van der Waals surface area contributed by atoms with Gasteiger partial charge in [0.15, 0.2) is 0 Å². The van der Waals surface area contributed by atoms with E-state index in [1.54, 1.807) is 0 Å². The summed E-state index contributed by atoms with van der Waals surface area (Å²) in [5.74, 6) is 0.